The molecule has 1 aromatic rings. The summed E-state index contributed by atoms with van der Waals surface area (Å²) in [7, 11) is 1.91. The molecular weight excluding hydrogens is 160 g/mol. The van der Waals surface area contributed by atoms with Crippen LogP contribution in [0.5, 0.6) is 0 Å². The summed E-state index contributed by atoms with van der Waals surface area (Å²) in [6.07, 6.45) is 1.78. The fraction of sp³-hybridized carbons (Fsp3) is 0.375. The maximum absolute atomic E-state index is 5.75. The predicted octanol–water partition coefficient (Wildman–Crippen LogP) is 1.76. The Morgan fingerprint density at radius 3 is 2.91 bits per heavy atom. The molecule has 0 radical (unpaired) electrons. The van der Waals surface area contributed by atoms with Crippen LogP contribution in [-0.2, 0) is 6.54 Å². The molecule has 1 rings (SSSR count). The van der Waals surface area contributed by atoms with E-state index in [2.05, 4.69) is 10.3 Å². The van der Waals surface area contributed by atoms with E-state index in [-0.39, 0.29) is 0 Å². The van der Waals surface area contributed by atoms with Crippen LogP contribution in [0.4, 0.5) is 0 Å². The summed E-state index contributed by atoms with van der Waals surface area (Å²) >= 11 is 5.75. The SMILES string of the molecule is CNCc1cnc(Cl)c(C)c1. The first-order valence-corrected chi connectivity index (χ1v) is 3.87. The largest absolute Gasteiger partial charge is 0.316 e. The summed E-state index contributed by atoms with van der Waals surface area (Å²) < 4.78 is 0. The molecule has 0 aromatic carbocycles. The number of nitrogens with one attached hydrogen (secondary N) is 1. The van der Waals surface area contributed by atoms with Crippen molar-refractivity contribution in [2.45, 2.75) is 13.5 Å². The van der Waals surface area contributed by atoms with Crippen molar-refractivity contribution in [1.29, 1.82) is 0 Å². The summed E-state index contributed by atoms with van der Waals surface area (Å²) in [4.78, 5) is 4.02. The molecule has 0 aliphatic heterocycles. The Morgan fingerprint density at radius 2 is 2.36 bits per heavy atom. The molecule has 1 heterocycles. The molecule has 0 amide bonds. The minimum Gasteiger partial charge on any atom is -0.316 e. The summed E-state index contributed by atoms with van der Waals surface area (Å²) in [5, 5.41) is 3.64. The molecule has 60 valence electrons. The van der Waals surface area contributed by atoms with E-state index in [4.69, 9.17) is 11.6 Å². The first-order chi connectivity index (χ1) is 5.24. The number of rotatable bonds is 2. The van der Waals surface area contributed by atoms with Gasteiger partial charge in [0.05, 0.1) is 0 Å². The van der Waals surface area contributed by atoms with Crippen LogP contribution in [0, 0.1) is 6.92 Å². The van der Waals surface area contributed by atoms with Gasteiger partial charge in [-0.25, -0.2) is 4.98 Å². The Kier molecular flexibility index (Phi) is 2.85. The van der Waals surface area contributed by atoms with Crippen molar-refractivity contribution < 1.29 is 0 Å². The van der Waals surface area contributed by atoms with Gasteiger partial charge in [0, 0.05) is 12.7 Å². The molecule has 0 aliphatic rings. The zero-order valence-corrected chi connectivity index (χ0v) is 7.44. The van der Waals surface area contributed by atoms with E-state index >= 15 is 0 Å². The van der Waals surface area contributed by atoms with Gasteiger partial charge < -0.3 is 5.32 Å². The number of aryl methyl sites for hydroxylation is 1. The van der Waals surface area contributed by atoms with Gasteiger partial charge in [-0.1, -0.05) is 17.7 Å². The number of halogens is 1. The third kappa shape index (κ3) is 2.17. The second-order valence-electron chi connectivity index (χ2n) is 2.48. The summed E-state index contributed by atoms with van der Waals surface area (Å²) in [6, 6.07) is 2.03. The van der Waals surface area contributed by atoms with Gasteiger partial charge in [0.1, 0.15) is 5.15 Å². The van der Waals surface area contributed by atoms with Crippen molar-refractivity contribution in [3.63, 3.8) is 0 Å². The highest BCUT2D eigenvalue weighted by molar-refractivity contribution is 6.30. The van der Waals surface area contributed by atoms with Gasteiger partial charge in [0.25, 0.3) is 0 Å². The molecule has 0 spiro atoms. The van der Waals surface area contributed by atoms with Crippen molar-refractivity contribution in [2.75, 3.05) is 7.05 Å². The van der Waals surface area contributed by atoms with Gasteiger partial charge in [0.2, 0.25) is 0 Å². The second kappa shape index (κ2) is 3.69. The first kappa shape index (κ1) is 8.50. The fourth-order valence-electron chi connectivity index (χ4n) is 0.917. The van der Waals surface area contributed by atoms with Crippen LogP contribution in [0.1, 0.15) is 11.1 Å². The topological polar surface area (TPSA) is 24.9 Å². The Labute approximate surface area is 71.6 Å². The molecule has 1 N–H and O–H groups in total. The smallest absolute Gasteiger partial charge is 0.131 e. The fourth-order valence-corrected chi connectivity index (χ4v) is 1.02. The second-order valence-corrected chi connectivity index (χ2v) is 2.84. The van der Waals surface area contributed by atoms with Gasteiger partial charge in [-0.15, -0.1) is 0 Å². The minimum absolute atomic E-state index is 0.588. The van der Waals surface area contributed by atoms with Crippen LogP contribution in [0.2, 0.25) is 5.15 Å². The van der Waals surface area contributed by atoms with Crippen LogP contribution in [-0.4, -0.2) is 12.0 Å². The van der Waals surface area contributed by atoms with E-state index in [1.165, 1.54) is 0 Å². The van der Waals surface area contributed by atoms with Gasteiger partial charge >= 0.3 is 0 Å². The Morgan fingerprint density at radius 1 is 1.64 bits per heavy atom. The molecule has 0 fully saturated rings. The summed E-state index contributed by atoms with van der Waals surface area (Å²) in [6.45, 7) is 2.79. The van der Waals surface area contributed by atoms with E-state index in [0.717, 1.165) is 17.7 Å². The third-order valence-corrected chi connectivity index (χ3v) is 1.85. The minimum atomic E-state index is 0.588. The predicted molar refractivity (Wildman–Crippen MR) is 46.7 cm³/mol. The summed E-state index contributed by atoms with van der Waals surface area (Å²) in [5.74, 6) is 0. The quantitative estimate of drug-likeness (QED) is 0.685. The van der Waals surface area contributed by atoms with Gasteiger partial charge in [-0.2, -0.15) is 0 Å². The average Bonchev–Trinajstić information content (AvgIpc) is 1.98. The summed E-state index contributed by atoms with van der Waals surface area (Å²) in [5.41, 5.74) is 2.19. The monoisotopic (exact) mass is 170 g/mol. The molecule has 11 heavy (non-hydrogen) atoms. The highest BCUT2D eigenvalue weighted by Crippen LogP contribution is 2.12. The van der Waals surface area contributed by atoms with Crippen LogP contribution in [0.25, 0.3) is 0 Å². The molecule has 0 saturated heterocycles. The standard InChI is InChI=1S/C8H11ClN2/c1-6-3-7(4-10-2)5-11-8(6)9/h3,5,10H,4H2,1-2H3. The van der Waals surface area contributed by atoms with Crippen LogP contribution < -0.4 is 5.32 Å². The lowest BCUT2D eigenvalue weighted by Crippen LogP contribution is -2.05. The number of aromatic nitrogens is 1. The van der Waals surface area contributed by atoms with Crippen LogP contribution in [0.15, 0.2) is 12.3 Å². The maximum atomic E-state index is 5.75. The first-order valence-electron chi connectivity index (χ1n) is 3.49. The van der Waals surface area contributed by atoms with Crippen molar-refractivity contribution in [2.24, 2.45) is 0 Å². The maximum Gasteiger partial charge on any atom is 0.131 e. The number of hydrogen-bond donors (Lipinski definition) is 1. The van der Waals surface area contributed by atoms with E-state index < -0.39 is 0 Å². The van der Waals surface area contributed by atoms with Crippen LogP contribution >= 0.6 is 11.6 Å². The molecule has 1 aromatic heterocycles. The lowest BCUT2D eigenvalue weighted by Gasteiger charge is -2.01. The van der Waals surface area contributed by atoms with Crippen molar-refractivity contribution in [3.05, 3.63) is 28.5 Å². The normalized spacial score (nSPS) is 10.1. The average molecular weight is 171 g/mol. The van der Waals surface area contributed by atoms with E-state index in [1.54, 1.807) is 6.20 Å². The molecule has 3 heteroatoms. The van der Waals surface area contributed by atoms with Crippen molar-refractivity contribution in [1.82, 2.24) is 10.3 Å². The molecular formula is C8H11ClN2. The Bertz CT molecular complexity index is 248. The molecule has 0 unspecified atom stereocenters. The van der Waals surface area contributed by atoms with E-state index in [0.29, 0.717) is 5.15 Å². The zero-order valence-electron chi connectivity index (χ0n) is 6.69. The Balaban J connectivity index is 2.86. The number of pyridine rings is 1. The molecule has 2 nitrogen and oxygen atoms in total. The highest BCUT2D eigenvalue weighted by atomic mass is 35.5. The molecule has 0 saturated carbocycles. The molecule has 0 aliphatic carbocycles. The lowest BCUT2D eigenvalue weighted by atomic mass is 10.2. The van der Waals surface area contributed by atoms with Crippen molar-refractivity contribution >= 4 is 11.6 Å². The van der Waals surface area contributed by atoms with Gasteiger partial charge in [-0.3, -0.25) is 0 Å². The van der Waals surface area contributed by atoms with Gasteiger partial charge in [-0.05, 0) is 25.1 Å². The van der Waals surface area contributed by atoms with E-state index in [9.17, 15) is 0 Å². The van der Waals surface area contributed by atoms with Gasteiger partial charge in [0.15, 0.2) is 0 Å². The number of hydrogen-bond acceptors (Lipinski definition) is 2. The molecule has 0 bridgehead atoms. The van der Waals surface area contributed by atoms with Crippen molar-refractivity contribution in [3.8, 4) is 0 Å². The third-order valence-electron chi connectivity index (χ3n) is 1.45. The highest BCUT2D eigenvalue weighted by Gasteiger charge is 1.96. The van der Waals surface area contributed by atoms with E-state index in [1.807, 2.05) is 20.0 Å². The zero-order chi connectivity index (χ0) is 8.27. The Hall–Kier alpha value is -0.600. The number of nitrogens with zero attached hydrogens (tertiary/aromatic N) is 1. The lowest BCUT2D eigenvalue weighted by molar-refractivity contribution is 0.812. The molecule has 0 atom stereocenters. The van der Waals surface area contributed by atoms with Crippen LogP contribution in [0.3, 0.4) is 0 Å².